The van der Waals surface area contributed by atoms with Gasteiger partial charge in [0.05, 0.1) is 0 Å². The van der Waals surface area contributed by atoms with E-state index in [1.165, 1.54) is 12.8 Å². The molecule has 1 heterocycles. The van der Waals surface area contributed by atoms with Crippen LogP contribution in [0.2, 0.25) is 0 Å². The fourth-order valence-corrected chi connectivity index (χ4v) is 1.89. The van der Waals surface area contributed by atoms with E-state index in [1.807, 2.05) is 11.9 Å². The van der Waals surface area contributed by atoms with E-state index in [4.69, 9.17) is 0 Å². The van der Waals surface area contributed by atoms with E-state index >= 15 is 0 Å². The normalized spacial score (nSPS) is 27.6. The monoisotopic (exact) mass is 182 g/mol. The van der Waals surface area contributed by atoms with Crippen LogP contribution in [0.25, 0.3) is 0 Å². The van der Waals surface area contributed by atoms with Crippen LogP contribution in [0.4, 0.5) is 0 Å². The van der Waals surface area contributed by atoms with Crippen LogP contribution in [0.5, 0.6) is 0 Å². The molecule has 1 amide bonds. The summed E-state index contributed by atoms with van der Waals surface area (Å²) in [4.78, 5) is 13.6. The molecule has 2 rings (SSSR count). The lowest BCUT2D eigenvalue weighted by Crippen LogP contribution is -2.38. The molecule has 1 N–H and O–H groups in total. The third-order valence-electron chi connectivity index (χ3n) is 3.14. The van der Waals surface area contributed by atoms with Gasteiger partial charge in [0, 0.05) is 26.1 Å². The lowest BCUT2D eigenvalue weighted by atomic mass is 10.2. The molecule has 2 aliphatic rings. The van der Waals surface area contributed by atoms with Gasteiger partial charge in [-0.2, -0.15) is 0 Å². The second-order valence-corrected chi connectivity index (χ2v) is 4.30. The molecule has 1 saturated carbocycles. The minimum Gasteiger partial charge on any atom is -0.341 e. The molecule has 13 heavy (non-hydrogen) atoms. The summed E-state index contributed by atoms with van der Waals surface area (Å²) in [6.07, 6.45) is 4.44. The first kappa shape index (κ1) is 9.00. The van der Waals surface area contributed by atoms with Gasteiger partial charge in [-0.1, -0.05) is 0 Å². The first-order valence-corrected chi connectivity index (χ1v) is 5.24. The van der Waals surface area contributed by atoms with E-state index in [-0.39, 0.29) is 0 Å². The summed E-state index contributed by atoms with van der Waals surface area (Å²) in [7, 11) is 1.95. The zero-order chi connectivity index (χ0) is 9.26. The lowest BCUT2D eigenvalue weighted by Gasteiger charge is -2.23. The van der Waals surface area contributed by atoms with Gasteiger partial charge in [-0.15, -0.1) is 0 Å². The van der Waals surface area contributed by atoms with Crippen LogP contribution in [-0.2, 0) is 4.79 Å². The molecule has 0 bridgehead atoms. The van der Waals surface area contributed by atoms with Gasteiger partial charge < -0.3 is 10.2 Å². The summed E-state index contributed by atoms with van der Waals surface area (Å²) in [5.41, 5.74) is 0. The summed E-state index contributed by atoms with van der Waals surface area (Å²) in [6.45, 7) is 2.04. The molecule has 1 atom stereocenters. The summed E-state index contributed by atoms with van der Waals surface area (Å²) >= 11 is 0. The molecule has 0 unspecified atom stereocenters. The Morgan fingerprint density at radius 3 is 2.77 bits per heavy atom. The van der Waals surface area contributed by atoms with Crippen molar-refractivity contribution in [3.63, 3.8) is 0 Å². The van der Waals surface area contributed by atoms with Crippen molar-refractivity contribution in [2.24, 2.45) is 5.92 Å². The smallest absolute Gasteiger partial charge is 0.222 e. The Labute approximate surface area is 79.5 Å². The number of nitrogens with one attached hydrogen (secondary N) is 1. The Bertz CT molecular complexity index is 195. The van der Waals surface area contributed by atoms with E-state index in [2.05, 4.69) is 5.32 Å². The van der Waals surface area contributed by atoms with Crippen LogP contribution in [0.1, 0.15) is 25.7 Å². The van der Waals surface area contributed by atoms with Gasteiger partial charge in [0.1, 0.15) is 0 Å². The number of carbonyl (C=O) groups is 1. The van der Waals surface area contributed by atoms with Crippen molar-refractivity contribution in [1.29, 1.82) is 0 Å². The number of likely N-dealkylation sites (N-methyl/N-ethyl adjacent to an activating group) is 1. The molecule has 2 fully saturated rings. The molecule has 1 aliphatic heterocycles. The average Bonchev–Trinajstić information content (AvgIpc) is 2.78. The van der Waals surface area contributed by atoms with Crippen LogP contribution < -0.4 is 5.32 Å². The van der Waals surface area contributed by atoms with Crippen LogP contribution in [0.3, 0.4) is 0 Å². The minimum absolute atomic E-state index is 0.344. The highest BCUT2D eigenvalue weighted by atomic mass is 16.2. The Morgan fingerprint density at radius 2 is 2.23 bits per heavy atom. The number of hydrogen-bond acceptors (Lipinski definition) is 2. The van der Waals surface area contributed by atoms with E-state index in [0.717, 1.165) is 25.9 Å². The fraction of sp³-hybridized carbons (Fsp3) is 0.900. The van der Waals surface area contributed by atoms with Gasteiger partial charge in [0.2, 0.25) is 5.91 Å². The average molecular weight is 182 g/mol. The predicted molar refractivity (Wildman–Crippen MR) is 51.4 cm³/mol. The number of amides is 1. The van der Waals surface area contributed by atoms with Crippen LogP contribution >= 0.6 is 0 Å². The third kappa shape index (κ3) is 2.21. The molecule has 0 radical (unpaired) electrons. The molecule has 74 valence electrons. The molecule has 0 aromatic carbocycles. The molecule has 3 nitrogen and oxygen atoms in total. The van der Waals surface area contributed by atoms with Crippen molar-refractivity contribution in [2.45, 2.75) is 31.7 Å². The maximum absolute atomic E-state index is 11.7. The van der Waals surface area contributed by atoms with Crippen LogP contribution in [-0.4, -0.2) is 37.0 Å². The Morgan fingerprint density at radius 1 is 1.46 bits per heavy atom. The molecule has 1 saturated heterocycles. The zero-order valence-electron chi connectivity index (χ0n) is 8.25. The quantitative estimate of drug-likeness (QED) is 0.693. The Hall–Kier alpha value is -0.570. The van der Waals surface area contributed by atoms with Crippen LogP contribution in [0, 0.1) is 5.92 Å². The molecule has 1 aliphatic carbocycles. The highest BCUT2D eigenvalue weighted by Gasteiger charge is 2.29. The lowest BCUT2D eigenvalue weighted by molar-refractivity contribution is -0.132. The van der Waals surface area contributed by atoms with Crippen molar-refractivity contribution in [3.05, 3.63) is 0 Å². The van der Waals surface area contributed by atoms with E-state index in [0.29, 0.717) is 17.9 Å². The topological polar surface area (TPSA) is 32.3 Å². The van der Waals surface area contributed by atoms with Crippen molar-refractivity contribution in [2.75, 3.05) is 20.1 Å². The van der Waals surface area contributed by atoms with Crippen molar-refractivity contribution < 1.29 is 4.79 Å². The Kier molecular flexibility index (Phi) is 2.54. The maximum atomic E-state index is 11.7. The molecule has 3 heteroatoms. The Balaban J connectivity index is 1.79. The summed E-state index contributed by atoms with van der Waals surface area (Å²) < 4.78 is 0. The van der Waals surface area contributed by atoms with Gasteiger partial charge in [-0.25, -0.2) is 0 Å². The van der Waals surface area contributed by atoms with Crippen LogP contribution in [0.15, 0.2) is 0 Å². The zero-order valence-corrected chi connectivity index (χ0v) is 8.25. The van der Waals surface area contributed by atoms with Crippen molar-refractivity contribution in [1.82, 2.24) is 10.2 Å². The standard InChI is InChI=1S/C10H18N2O/c1-12(9-4-5-11-7-9)10(13)6-8-2-3-8/h8-9,11H,2-7H2,1H3/t9-/m0/s1. The van der Waals surface area contributed by atoms with Gasteiger partial charge in [-0.3, -0.25) is 4.79 Å². The first-order chi connectivity index (χ1) is 6.27. The number of carbonyl (C=O) groups excluding carboxylic acids is 1. The summed E-state index contributed by atoms with van der Waals surface area (Å²) in [5, 5.41) is 3.28. The van der Waals surface area contributed by atoms with Gasteiger partial charge in [0.25, 0.3) is 0 Å². The number of hydrogen-bond donors (Lipinski definition) is 1. The minimum atomic E-state index is 0.344. The highest BCUT2D eigenvalue weighted by molar-refractivity contribution is 5.76. The fourth-order valence-electron chi connectivity index (χ4n) is 1.89. The SMILES string of the molecule is CN(C(=O)CC1CC1)[C@H]1CCNC1. The van der Waals surface area contributed by atoms with Crippen molar-refractivity contribution in [3.8, 4) is 0 Å². The van der Waals surface area contributed by atoms with Gasteiger partial charge in [-0.05, 0) is 31.7 Å². The number of rotatable bonds is 3. The first-order valence-electron chi connectivity index (χ1n) is 5.24. The third-order valence-corrected chi connectivity index (χ3v) is 3.14. The van der Waals surface area contributed by atoms with E-state index in [9.17, 15) is 4.79 Å². The summed E-state index contributed by atoms with van der Waals surface area (Å²) in [5.74, 6) is 1.06. The molecule has 0 aromatic heterocycles. The molecule has 0 aromatic rings. The largest absolute Gasteiger partial charge is 0.341 e. The van der Waals surface area contributed by atoms with E-state index < -0.39 is 0 Å². The number of nitrogens with zero attached hydrogens (tertiary/aromatic N) is 1. The molecule has 0 spiro atoms. The summed E-state index contributed by atoms with van der Waals surface area (Å²) in [6, 6.07) is 0.450. The second-order valence-electron chi connectivity index (χ2n) is 4.30. The highest BCUT2D eigenvalue weighted by Crippen LogP contribution is 2.33. The second kappa shape index (κ2) is 3.66. The van der Waals surface area contributed by atoms with Gasteiger partial charge >= 0.3 is 0 Å². The van der Waals surface area contributed by atoms with Crippen molar-refractivity contribution >= 4 is 5.91 Å². The van der Waals surface area contributed by atoms with Gasteiger partial charge in [0.15, 0.2) is 0 Å². The van der Waals surface area contributed by atoms with E-state index in [1.54, 1.807) is 0 Å². The molecular formula is C10H18N2O. The predicted octanol–water partition coefficient (Wildman–Crippen LogP) is 0.607. The molecular weight excluding hydrogens is 164 g/mol. The maximum Gasteiger partial charge on any atom is 0.222 e.